The van der Waals surface area contributed by atoms with Gasteiger partial charge in [0.25, 0.3) is 0 Å². The Morgan fingerprint density at radius 3 is 2.20 bits per heavy atom. The normalized spacial score (nSPS) is 13.4. The summed E-state index contributed by atoms with van der Waals surface area (Å²) in [6, 6.07) is 0.0780. The van der Waals surface area contributed by atoms with Crippen LogP contribution in [-0.4, -0.2) is 70.1 Å². The number of hydrogen-bond acceptors (Lipinski definition) is 4. The lowest BCUT2D eigenvalue weighted by atomic mass is 10.3. The van der Waals surface area contributed by atoms with Crippen LogP contribution in [0.15, 0.2) is 4.99 Å². The van der Waals surface area contributed by atoms with Crippen LogP contribution < -0.4 is 10.6 Å². The van der Waals surface area contributed by atoms with E-state index in [0.29, 0.717) is 6.42 Å². The van der Waals surface area contributed by atoms with Gasteiger partial charge in [-0.2, -0.15) is 0 Å². The van der Waals surface area contributed by atoms with E-state index in [4.69, 9.17) is 0 Å². The Bertz CT molecular complexity index is 438. The molecule has 0 saturated carbocycles. The molecule has 0 aliphatic carbocycles. The second-order valence-corrected chi connectivity index (χ2v) is 8.68. The fourth-order valence-electron chi connectivity index (χ4n) is 2.47. The monoisotopic (exact) mass is 490 g/mol. The maximum atomic E-state index is 11.3. The van der Waals surface area contributed by atoms with Gasteiger partial charge >= 0.3 is 0 Å². The molecule has 0 saturated heterocycles. The largest absolute Gasteiger partial charge is 0.357 e. The molecular formula is C17H39IN4O2S. The van der Waals surface area contributed by atoms with Gasteiger partial charge in [0, 0.05) is 25.4 Å². The summed E-state index contributed by atoms with van der Waals surface area (Å²) >= 11 is 0. The van der Waals surface area contributed by atoms with E-state index < -0.39 is 9.84 Å². The van der Waals surface area contributed by atoms with Gasteiger partial charge in [-0.05, 0) is 59.2 Å². The Kier molecular flexibility index (Phi) is 17.5. The summed E-state index contributed by atoms with van der Waals surface area (Å²) in [5, 5.41) is 6.51. The van der Waals surface area contributed by atoms with Gasteiger partial charge in [0.2, 0.25) is 0 Å². The zero-order valence-corrected chi connectivity index (χ0v) is 19.8. The summed E-state index contributed by atoms with van der Waals surface area (Å²) in [6.45, 7) is 13.4. The summed E-state index contributed by atoms with van der Waals surface area (Å²) in [5.41, 5.74) is 0. The fraction of sp³-hybridized carbons (Fsp3) is 0.941. The Hall–Kier alpha value is -0.0900. The van der Waals surface area contributed by atoms with Gasteiger partial charge in [-0.15, -0.1) is 24.0 Å². The highest BCUT2D eigenvalue weighted by Crippen LogP contribution is 1.98. The van der Waals surface area contributed by atoms with Gasteiger partial charge < -0.3 is 15.5 Å². The lowest BCUT2D eigenvalue weighted by Crippen LogP contribution is -2.43. The van der Waals surface area contributed by atoms with Gasteiger partial charge in [0.15, 0.2) is 5.96 Å². The first-order valence-corrected chi connectivity index (χ1v) is 11.3. The first kappa shape index (κ1) is 27.1. The summed E-state index contributed by atoms with van der Waals surface area (Å²) in [7, 11) is -2.91. The van der Waals surface area contributed by atoms with Crippen molar-refractivity contribution in [2.24, 2.45) is 4.99 Å². The van der Waals surface area contributed by atoms with Crippen molar-refractivity contribution in [3.05, 3.63) is 0 Å². The predicted octanol–water partition coefficient (Wildman–Crippen LogP) is 2.49. The van der Waals surface area contributed by atoms with Gasteiger partial charge in [0.1, 0.15) is 9.84 Å². The molecule has 152 valence electrons. The van der Waals surface area contributed by atoms with Crippen molar-refractivity contribution in [1.29, 1.82) is 0 Å². The van der Waals surface area contributed by atoms with E-state index >= 15 is 0 Å². The van der Waals surface area contributed by atoms with Gasteiger partial charge in [-0.3, -0.25) is 4.99 Å². The van der Waals surface area contributed by atoms with Crippen LogP contribution in [0.2, 0.25) is 0 Å². The number of halogens is 1. The number of rotatable bonds is 13. The minimum atomic E-state index is -2.91. The molecule has 0 aromatic rings. The van der Waals surface area contributed by atoms with Crippen LogP contribution in [-0.2, 0) is 9.84 Å². The van der Waals surface area contributed by atoms with E-state index in [1.165, 1.54) is 19.1 Å². The van der Waals surface area contributed by atoms with Crippen LogP contribution in [0.1, 0.15) is 53.4 Å². The second kappa shape index (κ2) is 16.1. The van der Waals surface area contributed by atoms with E-state index in [1.807, 2.05) is 13.8 Å². The third kappa shape index (κ3) is 17.1. The minimum absolute atomic E-state index is 0. The zero-order chi connectivity index (χ0) is 18.4. The molecule has 1 unspecified atom stereocenters. The van der Waals surface area contributed by atoms with Crippen LogP contribution in [0.5, 0.6) is 0 Å². The molecule has 0 radical (unpaired) electrons. The van der Waals surface area contributed by atoms with Crippen molar-refractivity contribution in [3.63, 3.8) is 0 Å². The van der Waals surface area contributed by atoms with E-state index in [0.717, 1.165) is 45.1 Å². The summed E-state index contributed by atoms with van der Waals surface area (Å²) in [6.07, 6.45) is 5.27. The molecule has 0 fully saturated rings. The van der Waals surface area contributed by atoms with Crippen LogP contribution in [0, 0.1) is 0 Å². The van der Waals surface area contributed by atoms with Crippen molar-refractivity contribution in [2.75, 3.05) is 44.7 Å². The molecule has 0 amide bonds. The van der Waals surface area contributed by atoms with E-state index in [1.54, 1.807) is 0 Å². The predicted molar refractivity (Wildman–Crippen MR) is 120 cm³/mol. The molecule has 0 aliphatic rings. The summed E-state index contributed by atoms with van der Waals surface area (Å²) in [5.74, 6) is 0.972. The molecule has 0 rings (SSSR count). The highest BCUT2D eigenvalue weighted by Gasteiger charge is 2.09. The Balaban J connectivity index is 0. The molecule has 2 N–H and O–H groups in total. The van der Waals surface area contributed by atoms with Crippen molar-refractivity contribution in [3.8, 4) is 0 Å². The van der Waals surface area contributed by atoms with Crippen molar-refractivity contribution in [2.45, 2.75) is 59.4 Å². The average Bonchev–Trinajstić information content (AvgIpc) is 2.49. The number of sulfone groups is 1. The molecule has 8 heteroatoms. The molecule has 0 spiro atoms. The molecule has 0 aromatic heterocycles. The summed E-state index contributed by atoms with van der Waals surface area (Å²) < 4.78 is 22.5. The Labute approximate surface area is 172 Å². The molecule has 1 atom stereocenters. The third-order valence-electron chi connectivity index (χ3n) is 3.63. The lowest BCUT2D eigenvalue weighted by Gasteiger charge is -2.20. The minimum Gasteiger partial charge on any atom is -0.357 e. The average molecular weight is 490 g/mol. The standard InChI is InChI=1S/C17H38N4O2S.HI/c1-6-12-21(13-7-2)14-9-11-19-17(18-8-3)20-16(4)10-15-24(5,22)23;/h16H,6-15H2,1-5H3,(H2,18,19,20);1H. The number of nitrogens with one attached hydrogen (secondary N) is 2. The van der Waals surface area contributed by atoms with Crippen molar-refractivity contribution >= 4 is 39.8 Å². The maximum Gasteiger partial charge on any atom is 0.191 e. The van der Waals surface area contributed by atoms with Crippen LogP contribution in [0.4, 0.5) is 0 Å². The molecular weight excluding hydrogens is 451 g/mol. The van der Waals surface area contributed by atoms with Crippen LogP contribution >= 0.6 is 24.0 Å². The Morgan fingerprint density at radius 1 is 1.12 bits per heavy atom. The van der Waals surface area contributed by atoms with Crippen molar-refractivity contribution in [1.82, 2.24) is 15.5 Å². The fourth-order valence-corrected chi connectivity index (χ4v) is 3.25. The number of nitrogens with zero attached hydrogens (tertiary/aromatic N) is 2. The SMILES string of the molecule is CCCN(CCC)CCCN=C(NCC)NC(C)CCS(C)(=O)=O.I. The zero-order valence-electron chi connectivity index (χ0n) is 16.7. The molecule has 0 bridgehead atoms. The number of aliphatic imine (C=N–C) groups is 1. The highest BCUT2D eigenvalue weighted by atomic mass is 127. The molecule has 6 nitrogen and oxygen atoms in total. The van der Waals surface area contributed by atoms with Gasteiger partial charge in [-0.25, -0.2) is 8.42 Å². The van der Waals surface area contributed by atoms with Crippen molar-refractivity contribution < 1.29 is 8.42 Å². The second-order valence-electron chi connectivity index (χ2n) is 6.42. The number of guanidine groups is 1. The van der Waals surface area contributed by atoms with E-state index in [-0.39, 0.29) is 35.8 Å². The van der Waals surface area contributed by atoms with Crippen LogP contribution in [0.3, 0.4) is 0 Å². The first-order valence-electron chi connectivity index (χ1n) is 9.27. The molecule has 0 heterocycles. The van der Waals surface area contributed by atoms with E-state index in [2.05, 4.69) is 34.4 Å². The number of hydrogen-bond donors (Lipinski definition) is 2. The maximum absolute atomic E-state index is 11.3. The van der Waals surface area contributed by atoms with Crippen LogP contribution in [0.25, 0.3) is 0 Å². The first-order chi connectivity index (χ1) is 11.3. The smallest absolute Gasteiger partial charge is 0.191 e. The molecule has 25 heavy (non-hydrogen) atoms. The van der Waals surface area contributed by atoms with E-state index in [9.17, 15) is 8.42 Å². The lowest BCUT2D eigenvalue weighted by molar-refractivity contribution is 0.273. The Morgan fingerprint density at radius 2 is 1.72 bits per heavy atom. The van der Waals surface area contributed by atoms with Gasteiger partial charge in [0.05, 0.1) is 5.75 Å². The quantitative estimate of drug-likeness (QED) is 0.180. The topological polar surface area (TPSA) is 73.8 Å². The van der Waals surface area contributed by atoms with Gasteiger partial charge in [-0.1, -0.05) is 13.8 Å². The highest BCUT2D eigenvalue weighted by molar-refractivity contribution is 14.0. The molecule has 0 aliphatic heterocycles. The third-order valence-corrected chi connectivity index (χ3v) is 4.61. The summed E-state index contributed by atoms with van der Waals surface area (Å²) in [4.78, 5) is 7.10. The molecule has 0 aromatic carbocycles.